The van der Waals surface area contributed by atoms with Crippen molar-refractivity contribution in [2.24, 2.45) is 5.92 Å². The number of hydrogen-bond donors (Lipinski definition) is 1. The van der Waals surface area contributed by atoms with Gasteiger partial charge in [0, 0.05) is 10.8 Å². The summed E-state index contributed by atoms with van der Waals surface area (Å²) in [5.74, 6) is 1.01. The van der Waals surface area contributed by atoms with E-state index in [0.717, 1.165) is 34.2 Å². The van der Waals surface area contributed by atoms with Crippen LogP contribution in [-0.4, -0.2) is 10.9 Å². The van der Waals surface area contributed by atoms with Crippen molar-refractivity contribution >= 4 is 17.2 Å². The Kier molecular flexibility index (Phi) is 4.95. The summed E-state index contributed by atoms with van der Waals surface area (Å²) in [4.78, 5) is 17.5. The van der Waals surface area contributed by atoms with Crippen molar-refractivity contribution in [3.63, 3.8) is 0 Å². The molecule has 1 amide bonds. The van der Waals surface area contributed by atoms with Crippen molar-refractivity contribution < 1.29 is 9.21 Å². The molecule has 0 aliphatic heterocycles. The second kappa shape index (κ2) is 6.70. The Morgan fingerprint density at radius 3 is 2.80 bits per heavy atom. The minimum atomic E-state index is 0.104. The quantitative estimate of drug-likeness (QED) is 0.882. The summed E-state index contributed by atoms with van der Waals surface area (Å²) in [6.45, 7) is 6.59. The first kappa shape index (κ1) is 14.8. The molecule has 0 bridgehead atoms. The highest BCUT2D eigenvalue weighted by molar-refractivity contribution is 7.15. The van der Waals surface area contributed by atoms with Crippen LogP contribution in [0.25, 0.3) is 10.8 Å². The van der Waals surface area contributed by atoms with Crippen LogP contribution in [0.5, 0.6) is 0 Å². The fourth-order valence-electron chi connectivity index (χ4n) is 2.07. The monoisotopic (exact) mass is 292 g/mol. The molecular weight excluding hydrogens is 272 g/mol. The van der Waals surface area contributed by atoms with Gasteiger partial charge in [0.25, 0.3) is 0 Å². The number of aromatic nitrogens is 1. The van der Waals surface area contributed by atoms with Gasteiger partial charge in [-0.25, -0.2) is 4.98 Å². The zero-order valence-electron chi connectivity index (χ0n) is 12.1. The van der Waals surface area contributed by atoms with Gasteiger partial charge in [0.1, 0.15) is 0 Å². The summed E-state index contributed by atoms with van der Waals surface area (Å²) in [6.07, 6.45) is 3.39. The summed E-state index contributed by atoms with van der Waals surface area (Å²) in [5.41, 5.74) is 0.950. The van der Waals surface area contributed by atoms with E-state index in [9.17, 15) is 4.79 Å². The van der Waals surface area contributed by atoms with Crippen LogP contribution in [0.3, 0.4) is 0 Å². The summed E-state index contributed by atoms with van der Waals surface area (Å²) < 4.78 is 5.35. The molecule has 0 aliphatic rings. The Balaban J connectivity index is 2.02. The number of carbonyl (C=O) groups excluding carboxylic acids is 1. The number of nitrogens with one attached hydrogen (secondary N) is 1. The predicted octanol–water partition coefficient (Wildman–Crippen LogP) is 3.76. The molecule has 5 heteroatoms. The average molecular weight is 292 g/mol. The van der Waals surface area contributed by atoms with Crippen molar-refractivity contribution in [3.05, 3.63) is 29.0 Å². The first-order valence-corrected chi connectivity index (χ1v) is 7.75. The number of thiazole rings is 1. The highest BCUT2D eigenvalue weighted by atomic mass is 32.1. The molecule has 0 aromatic carbocycles. The van der Waals surface area contributed by atoms with Crippen molar-refractivity contribution in [1.82, 2.24) is 10.3 Å². The number of hydrogen-bond acceptors (Lipinski definition) is 4. The summed E-state index contributed by atoms with van der Waals surface area (Å²) in [7, 11) is 0. The third kappa shape index (κ3) is 3.28. The smallest absolute Gasteiger partial charge is 0.223 e. The van der Waals surface area contributed by atoms with Crippen LogP contribution in [0.2, 0.25) is 0 Å². The molecule has 2 aromatic rings. The van der Waals surface area contributed by atoms with E-state index in [2.05, 4.69) is 10.3 Å². The van der Waals surface area contributed by atoms with Gasteiger partial charge in [-0.05, 0) is 31.9 Å². The van der Waals surface area contributed by atoms with Crippen molar-refractivity contribution in [3.8, 4) is 10.8 Å². The number of rotatable bonds is 6. The van der Waals surface area contributed by atoms with E-state index >= 15 is 0 Å². The molecular formula is C15H20N2O2S. The van der Waals surface area contributed by atoms with Crippen molar-refractivity contribution in [2.75, 3.05) is 0 Å². The molecule has 0 aliphatic carbocycles. The molecule has 108 valence electrons. The number of nitrogens with zero attached hydrogens (tertiary/aromatic N) is 1. The molecule has 0 fully saturated rings. The lowest BCUT2D eigenvalue weighted by molar-refractivity contribution is -0.125. The molecule has 1 N–H and O–H groups in total. The third-order valence-electron chi connectivity index (χ3n) is 3.40. The maximum absolute atomic E-state index is 12.0. The van der Waals surface area contributed by atoms with Crippen LogP contribution in [0.15, 0.2) is 22.8 Å². The van der Waals surface area contributed by atoms with E-state index in [1.165, 1.54) is 0 Å². The maximum atomic E-state index is 12.0. The van der Waals surface area contributed by atoms with Crippen LogP contribution in [-0.2, 0) is 11.3 Å². The zero-order chi connectivity index (χ0) is 14.5. The molecule has 0 atom stereocenters. The van der Waals surface area contributed by atoms with E-state index in [-0.39, 0.29) is 11.8 Å². The first-order valence-electron chi connectivity index (χ1n) is 6.93. The predicted molar refractivity (Wildman–Crippen MR) is 80.5 cm³/mol. The Morgan fingerprint density at radius 2 is 2.20 bits per heavy atom. The lowest BCUT2D eigenvalue weighted by Gasteiger charge is -2.12. The van der Waals surface area contributed by atoms with Gasteiger partial charge in [0.15, 0.2) is 10.8 Å². The molecule has 0 saturated carbocycles. The van der Waals surface area contributed by atoms with Gasteiger partial charge in [0.2, 0.25) is 5.91 Å². The molecule has 4 nitrogen and oxygen atoms in total. The Morgan fingerprint density at radius 1 is 1.45 bits per heavy atom. The second-order valence-electron chi connectivity index (χ2n) is 4.74. The lowest BCUT2D eigenvalue weighted by Crippen LogP contribution is -2.29. The zero-order valence-corrected chi connectivity index (χ0v) is 12.9. The highest BCUT2D eigenvalue weighted by Gasteiger charge is 2.16. The number of amides is 1. The van der Waals surface area contributed by atoms with Gasteiger partial charge in [-0.3, -0.25) is 4.79 Å². The van der Waals surface area contributed by atoms with Crippen LogP contribution in [0.1, 0.15) is 37.3 Å². The second-order valence-corrected chi connectivity index (χ2v) is 5.82. The standard InChI is InChI=1S/C15H20N2O2S/c1-4-11(5-2)14(18)16-9-13-10(3)17-15(20-13)12-7-6-8-19-12/h6-8,11H,4-5,9H2,1-3H3,(H,16,18). The van der Waals surface area contributed by atoms with E-state index in [4.69, 9.17) is 4.42 Å². The average Bonchev–Trinajstić information content (AvgIpc) is 3.07. The van der Waals surface area contributed by atoms with Gasteiger partial charge in [-0.15, -0.1) is 11.3 Å². The van der Waals surface area contributed by atoms with Gasteiger partial charge in [-0.2, -0.15) is 0 Å². The van der Waals surface area contributed by atoms with Gasteiger partial charge < -0.3 is 9.73 Å². The summed E-state index contributed by atoms with van der Waals surface area (Å²) in [6, 6.07) is 3.74. The number of furan rings is 1. The van der Waals surface area contributed by atoms with Crippen molar-refractivity contribution in [1.29, 1.82) is 0 Å². The molecule has 0 unspecified atom stereocenters. The minimum absolute atomic E-state index is 0.104. The molecule has 2 rings (SSSR count). The van der Waals surface area contributed by atoms with Gasteiger partial charge in [-0.1, -0.05) is 13.8 Å². The highest BCUT2D eigenvalue weighted by Crippen LogP contribution is 2.28. The molecule has 0 spiro atoms. The van der Waals surface area contributed by atoms with Crippen molar-refractivity contribution in [2.45, 2.75) is 40.2 Å². The van der Waals surface area contributed by atoms with Gasteiger partial charge >= 0.3 is 0 Å². The van der Waals surface area contributed by atoms with E-state index in [1.54, 1.807) is 17.6 Å². The third-order valence-corrected chi connectivity index (χ3v) is 4.58. The summed E-state index contributed by atoms with van der Waals surface area (Å²) >= 11 is 1.57. The normalized spacial score (nSPS) is 11.0. The first-order chi connectivity index (χ1) is 9.65. The van der Waals surface area contributed by atoms with E-state index in [1.807, 2.05) is 32.9 Å². The Hall–Kier alpha value is -1.62. The lowest BCUT2D eigenvalue weighted by atomic mass is 10.0. The fraction of sp³-hybridized carbons (Fsp3) is 0.467. The van der Waals surface area contributed by atoms with Gasteiger partial charge in [0.05, 0.1) is 18.5 Å². The van der Waals surface area contributed by atoms with Crippen LogP contribution in [0.4, 0.5) is 0 Å². The van der Waals surface area contributed by atoms with E-state index < -0.39 is 0 Å². The molecule has 0 saturated heterocycles. The van der Waals surface area contributed by atoms with Crippen LogP contribution < -0.4 is 5.32 Å². The number of aryl methyl sites for hydroxylation is 1. The minimum Gasteiger partial charge on any atom is -0.462 e. The van der Waals surface area contributed by atoms with E-state index in [0.29, 0.717) is 6.54 Å². The molecule has 20 heavy (non-hydrogen) atoms. The topological polar surface area (TPSA) is 55.1 Å². The Bertz CT molecular complexity index is 556. The SMILES string of the molecule is CCC(CC)C(=O)NCc1sc(-c2ccco2)nc1C. The molecule has 2 aromatic heterocycles. The number of carbonyl (C=O) groups is 1. The van der Waals surface area contributed by atoms with Crippen LogP contribution in [0, 0.1) is 12.8 Å². The summed E-state index contributed by atoms with van der Waals surface area (Å²) in [5, 5.41) is 3.86. The maximum Gasteiger partial charge on any atom is 0.223 e. The fourth-order valence-corrected chi connectivity index (χ4v) is 3.04. The van der Waals surface area contributed by atoms with Crippen LogP contribution >= 0.6 is 11.3 Å². The largest absolute Gasteiger partial charge is 0.462 e. The molecule has 2 heterocycles. The molecule has 0 radical (unpaired) electrons. The Labute approximate surface area is 123 Å².